The van der Waals surface area contributed by atoms with E-state index in [2.05, 4.69) is 13.8 Å². The molecule has 0 bridgehead atoms. The zero-order chi connectivity index (χ0) is 12.1. The predicted molar refractivity (Wildman–Crippen MR) is 65.4 cm³/mol. The molecule has 0 spiro atoms. The Morgan fingerprint density at radius 3 is 2.56 bits per heavy atom. The summed E-state index contributed by atoms with van der Waals surface area (Å²) in [7, 11) is 0. The molecule has 0 aliphatic rings. The summed E-state index contributed by atoms with van der Waals surface area (Å²) in [6.45, 7) is 4.22. The molecule has 1 unspecified atom stereocenters. The Hall–Kier alpha value is -0.610. The Morgan fingerprint density at radius 1 is 1.25 bits per heavy atom. The Balaban J connectivity index is 2.59. The van der Waals surface area contributed by atoms with Gasteiger partial charge in [0.25, 0.3) is 0 Å². The van der Waals surface area contributed by atoms with Crippen LogP contribution in [0.15, 0.2) is 18.2 Å². The summed E-state index contributed by atoms with van der Waals surface area (Å²) in [5.74, 6) is 0.514. The number of nitrogens with two attached hydrogens (primary N) is 1. The number of thioether (sulfide) groups is 1. The fraction of sp³-hybridized carbons (Fsp3) is 0.500. The van der Waals surface area contributed by atoms with Crippen LogP contribution in [0.25, 0.3) is 0 Å². The van der Waals surface area contributed by atoms with Gasteiger partial charge in [-0.3, -0.25) is 0 Å². The minimum absolute atomic E-state index is 0.260. The molecule has 0 radical (unpaired) electrons. The summed E-state index contributed by atoms with van der Waals surface area (Å²) in [5, 5.41) is 0. The van der Waals surface area contributed by atoms with E-state index >= 15 is 0 Å². The number of rotatable bonds is 5. The predicted octanol–water partition coefficient (Wildman–Crippen LogP) is 3.35. The maximum atomic E-state index is 13.4. The van der Waals surface area contributed by atoms with Crippen LogP contribution < -0.4 is 5.73 Å². The molecule has 1 aromatic carbocycles. The van der Waals surface area contributed by atoms with Gasteiger partial charge in [0.05, 0.1) is 0 Å². The summed E-state index contributed by atoms with van der Waals surface area (Å²) in [6, 6.07) is 3.69. The van der Waals surface area contributed by atoms with E-state index < -0.39 is 17.7 Å². The van der Waals surface area contributed by atoms with Gasteiger partial charge in [0, 0.05) is 17.4 Å². The average Bonchev–Trinajstić information content (AvgIpc) is 2.21. The topological polar surface area (TPSA) is 26.0 Å². The van der Waals surface area contributed by atoms with E-state index in [-0.39, 0.29) is 5.56 Å². The Bertz CT molecular complexity index is 342. The number of halogens is 2. The molecule has 0 aromatic heterocycles. The van der Waals surface area contributed by atoms with Gasteiger partial charge in [0.2, 0.25) is 0 Å². The molecule has 1 atom stereocenters. The van der Waals surface area contributed by atoms with Gasteiger partial charge in [-0.1, -0.05) is 26.0 Å². The monoisotopic (exact) mass is 245 g/mol. The van der Waals surface area contributed by atoms with E-state index in [0.29, 0.717) is 11.7 Å². The first-order chi connectivity index (χ1) is 7.52. The van der Waals surface area contributed by atoms with Crippen LogP contribution in [0.3, 0.4) is 0 Å². The van der Waals surface area contributed by atoms with Crippen molar-refractivity contribution in [3.8, 4) is 0 Å². The first-order valence-corrected chi connectivity index (χ1v) is 6.45. The second kappa shape index (κ2) is 6.21. The van der Waals surface area contributed by atoms with Crippen LogP contribution in [0, 0.1) is 17.6 Å². The number of hydrogen-bond acceptors (Lipinski definition) is 2. The molecule has 1 aromatic rings. The van der Waals surface area contributed by atoms with E-state index in [0.717, 1.165) is 11.8 Å². The number of hydrogen-bond donors (Lipinski definition) is 1. The molecule has 0 aliphatic carbocycles. The van der Waals surface area contributed by atoms with Crippen molar-refractivity contribution in [1.82, 2.24) is 0 Å². The van der Waals surface area contributed by atoms with E-state index in [1.54, 1.807) is 17.8 Å². The summed E-state index contributed by atoms with van der Waals surface area (Å²) < 4.78 is 26.3. The molecule has 4 heteroatoms. The maximum absolute atomic E-state index is 13.4. The highest BCUT2D eigenvalue weighted by Crippen LogP contribution is 2.21. The third-order valence-electron chi connectivity index (χ3n) is 2.13. The van der Waals surface area contributed by atoms with Gasteiger partial charge in [-0.25, -0.2) is 8.78 Å². The van der Waals surface area contributed by atoms with Gasteiger partial charge in [-0.05, 0) is 17.7 Å². The van der Waals surface area contributed by atoms with Crippen molar-refractivity contribution >= 4 is 11.8 Å². The van der Waals surface area contributed by atoms with Crippen LogP contribution in [0.2, 0.25) is 0 Å². The SMILES string of the molecule is CC(C)CSCC(N)c1cccc(F)c1F. The van der Waals surface area contributed by atoms with Crippen molar-refractivity contribution in [3.05, 3.63) is 35.4 Å². The lowest BCUT2D eigenvalue weighted by Gasteiger charge is -2.13. The van der Waals surface area contributed by atoms with Gasteiger partial charge in [-0.15, -0.1) is 0 Å². The van der Waals surface area contributed by atoms with Gasteiger partial charge >= 0.3 is 0 Å². The van der Waals surface area contributed by atoms with Crippen molar-refractivity contribution in [2.45, 2.75) is 19.9 Å². The third kappa shape index (κ3) is 3.76. The van der Waals surface area contributed by atoms with Gasteiger partial charge in [0.15, 0.2) is 11.6 Å². The van der Waals surface area contributed by atoms with E-state index in [1.807, 2.05) is 0 Å². The Labute approximate surface area is 99.4 Å². The van der Waals surface area contributed by atoms with Crippen LogP contribution in [-0.2, 0) is 0 Å². The molecule has 0 fully saturated rings. The second-order valence-corrected chi connectivity index (χ2v) is 5.26. The highest BCUT2D eigenvalue weighted by molar-refractivity contribution is 7.99. The Kier molecular flexibility index (Phi) is 5.22. The lowest BCUT2D eigenvalue weighted by Crippen LogP contribution is -2.16. The summed E-state index contributed by atoms with van der Waals surface area (Å²) >= 11 is 1.66. The maximum Gasteiger partial charge on any atom is 0.163 e. The molecule has 1 rings (SSSR count). The molecule has 0 amide bonds. The fourth-order valence-corrected chi connectivity index (χ4v) is 2.37. The lowest BCUT2D eigenvalue weighted by molar-refractivity contribution is 0.493. The molecule has 2 N–H and O–H groups in total. The van der Waals surface area contributed by atoms with Crippen LogP contribution in [0.4, 0.5) is 8.78 Å². The molecular weight excluding hydrogens is 228 g/mol. The molecule has 1 nitrogen and oxygen atoms in total. The molecule has 0 saturated carbocycles. The highest BCUT2D eigenvalue weighted by atomic mass is 32.2. The molecular formula is C12H17F2NS. The normalized spacial score (nSPS) is 13.1. The van der Waals surface area contributed by atoms with E-state index in [9.17, 15) is 8.78 Å². The smallest absolute Gasteiger partial charge is 0.163 e. The molecule has 90 valence electrons. The van der Waals surface area contributed by atoms with Crippen LogP contribution in [0.1, 0.15) is 25.5 Å². The van der Waals surface area contributed by atoms with E-state index in [4.69, 9.17) is 5.73 Å². The van der Waals surface area contributed by atoms with Crippen molar-refractivity contribution in [3.63, 3.8) is 0 Å². The largest absolute Gasteiger partial charge is 0.323 e. The molecule has 0 saturated heterocycles. The van der Waals surface area contributed by atoms with Crippen LogP contribution in [-0.4, -0.2) is 11.5 Å². The van der Waals surface area contributed by atoms with Crippen molar-refractivity contribution in [2.75, 3.05) is 11.5 Å². The van der Waals surface area contributed by atoms with Gasteiger partial charge in [0.1, 0.15) is 0 Å². The molecule has 0 aliphatic heterocycles. The lowest BCUT2D eigenvalue weighted by atomic mass is 10.1. The first-order valence-electron chi connectivity index (χ1n) is 5.29. The second-order valence-electron chi connectivity index (χ2n) is 4.18. The quantitative estimate of drug-likeness (QED) is 0.861. The van der Waals surface area contributed by atoms with Crippen molar-refractivity contribution < 1.29 is 8.78 Å². The first kappa shape index (κ1) is 13.5. The minimum Gasteiger partial charge on any atom is -0.323 e. The van der Waals surface area contributed by atoms with E-state index in [1.165, 1.54) is 6.07 Å². The van der Waals surface area contributed by atoms with Gasteiger partial charge < -0.3 is 5.73 Å². The highest BCUT2D eigenvalue weighted by Gasteiger charge is 2.14. The average molecular weight is 245 g/mol. The number of benzene rings is 1. The Morgan fingerprint density at radius 2 is 1.94 bits per heavy atom. The molecule has 0 heterocycles. The standard InChI is InChI=1S/C12H17F2NS/c1-8(2)6-16-7-11(15)9-4-3-5-10(13)12(9)14/h3-5,8,11H,6-7,15H2,1-2H3. The van der Waals surface area contributed by atoms with Crippen molar-refractivity contribution in [1.29, 1.82) is 0 Å². The summed E-state index contributed by atoms with van der Waals surface area (Å²) in [6.07, 6.45) is 0. The minimum atomic E-state index is -0.832. The fourth-order valence-electron chi connectivity index (χ4n) is 1.33. The zero-order valence-corrected chi connectivity index (χ0v) is 10.4. The zero-order valence-electron chi connectivity index (χ0n) is 9.54. The molecule has 16 heavy (non-hydrogen) atoms. The van der Waals surface area contributed by atoms with Gasteiger partial charge in [-0.2, -0.15) is 11.8 Å². The van der Waals surface area contributed by atoms with Crippen LogP contribution >= 0.6 is 11.8 Å². The third-order valence-corrected chi connectivity index (χ3v) is 3.63. The van der Waals surface area contributed by atoms with Crippen LogP contribution in [0.5, 0.6) is 0 Å². The summed E-state index contributed by atoms with van der Waals surface area (Å²) in [5.41, 5.74) is 6.08. The van der Waals surface area contributed by atoms with Crippen molar-refractivity contribution in [2.24, 2.45) is 11.7 Å². The summed E-state index contributed by atoms with van der Waals surface area (Å²) in [4.78, 5) is 0.